The summed E-state index contributed by atoms with van der Waals surface area (Å²) in [4.78, 5) is 9.95. The van der Waals surface area contributed by atoms with Crippen molar-refractivity contribution in [2.45, 2.75) is 0 Å². The Morgan fingerprint density at radius 3 is 2.88 bits per heavy atom. The van der Waals surface area contributed by atoms with E-state index in [1.807, 2.05) is 0 Å². The molecule has 9 heteroatoms. The number of hydrogen-bond acceptors (Lipinski definition) is 5. The molecule has 0 fully saturated rings. The quantitative estimate of drug-likeness (QED) is 0.211. The van der Waals surface area contributed by atoms with Gasteiger partial charge >= 0.3 is 0 Å². The first-order valence-electron chi connectivity index (χ1n) is 4.14. The summed E-state index contributed by atoms with van der Waals surface area (Å²) in [5.74, 6) is -0.276. The Kier molecular flexibility index (Phi) is 5.68. The Morgan fingerprint density at radius 2 is 2.29 bits per heavy atom. The minimum Gasteiger partial charge on any atom is -0.412 e. The number of nitro groups is 1. The third-order valence-electron chi connectivity index (χ3n) is 1.58. The van der Waals surface area contributed by atoms with Crippen LogP contribution in [0.3, 0.4) is 0 Å². The summed E-state index contributed by atoms with van der Waals surface area (Å²) < 4.78 is 0. The van der Waals surface area contributed by atoms with E-state index in [1.54, 1.807) is 6.07 Å². The Labute approximate surface area is 95.7 Å². The fraction of sp³-hybridized carbons (Fsp3) is 0. The highest BCUT2D eigenvalue weighted by Gasteiger charge is 2.03. The maximum absolute atomic E-state index is 10.5. The van der Waals surface area contributed by atoms with Gasteiger partial charge in [-0.15, -0.1) is 0 Å². The van der Waals surface area contributed by atoms with Gasteiger partial charge in [-0.05, 0) is 5.16 Å². The molecule has 0 aliphatic carbocycles. The van der Waals surface area contributed by atoms with Crippen molar-refractivity contribution < 1.29 is 15.6 Å². The summed E-state index contributed by atoms with van der Waals surface area (Å²) in [7, 11) is 0. The molecular weight excluding hydrogens is 230 g/mol. The molecule has 17 heavy (non-hydrogen) atoms. The van der Waals surface area contributed by atoms with E-state index in [2.05, 4.69) is 15.7 Å². The predicted molar refractivity (Wildman–Crippen MR) is 60.8 cm³/mol. The average molecular weight is 241 g/mol. The van der Waals surface area contributed by atoms with Crippen LogP contribution in [0.2, 0.25) is 0 Å². The average Bonchev–Trinajstić information content (AvgIpc) is 2.29. The molecular formula is C8H11N5O4. The van der Waals surface area contributed by atoms with Gasteiger partial charge in [0.15, 0.2) is 0 Å². The van der Waals surface area contributed by atoms with Gasteiger partial charge in [0.05, 0.1) is 11.1 Å². The van der Waals surface area contributed by atoms with Crippen LogP contribution in [0.4, 0.5) is 5.69 Å². The molecule has 0 aromatic heterocycles. The molecule has 0 radical (unpaired) electrons. The number of hydrazone groups is 1. The molecule has 0 heterocycles. The topological polar surface area (TPSA) is 158 Å². The zero-order chi connectivity index (χ0) is 12.0. The molecule has 0 aliphatic heterocycles. The van der Waals surface area contributed by atoms with E-state index >= 15 is 0 Å². The van der Waals surface area contributed by atoms with Gasteiger partial charge in [-0.1, -0.05) is 12.1 Å². The van der Waals surface area contributed by atoms with Crippen molar-refractivity contribution in [3.8, 4) is 0 Å². The maximum atomic E-state index is 10.5. The first kappa shape index (κ1) is 14.3. The lowest BCUT2D eigenvalue weighted by molar-refractivity contribution is -0.384. The molecule has 1 aromatic carbocycles. The third kappa shape index (κ3) is 4.57. The van der Waals surface area contributed by atoms with E-state index in [-0.39, 0.29) is 17.1 Å². The Morgan fingerprint density at radius 1 is 1.59 bits per heavy atom. The molecule has 0 aliphatic rings. The van der Waals surface area contributed by atoms with Crippen molar-refractivity contribution in [1.82, 2.24) is 5.43 Å². The molecule has 0 amide bonds. The van der Waals surface area contributed by atoms with Gasteiger partial charge in [0.1, 0.15) is 0 Å². The van der Waals surface area contributed by atoms with Gasteiger partial charge in [-0.3, -0.25) is 10.1 Å². The second-order valence-corrected chi connectivity index (χ2v) is 2.71. The van der Waals surface area contributed by atoms with E-state index in [0.717, 1.165) is 0 Å². The number of non-ortho nitro benzene ring substituents is 1. The second-order valence-electron chi connectivity index (χ2n) is 2.71. The lowest BCUT2D eigenvalue weighted by atomic mass is 10.2. The minimum atomic E-state index is -0.506. The first-order chi connectivity index (χ1) is 7.63. The Bertz CT molecular complexity index is 445. The van der Waals surface area contributed by atoms with Crippen molar-refractivity contribution in [2.75, 3.05) is 0 Å². The van der Waals surface area contributed by atoms with Crippen molar-refractivity contribution >= 4 is 17.9 Å². The second kappa shape index (κ2) is 6.74. The number of oxime groups is 1. The van der Waals surface area contributed by atoms with Crippen molar-refractivity contribution in [3.63, 3.8) is 0 Å². The summed E-state index contributed by atoms with van der Waals surface area (Å²) in [5, 5.41) is 24.9. The monoisotopic (exact) mass is 241 g/mol. The van der Waals surface area contributed by atoms with E-state index in [4.69, 9.17) is 10.9 Å². The van der Waals surface area contributed by atoms with Crippen LogP contribution >= 0.6 is 0 Å². The van der Waals surface area contributed by atoms with Crippen LogP contribution in [0.1, 0.15) is 5.56 Å². The SMILES string of the molecule is NC(=NO)NN=Cc1cccc([N+](=O)[O-])c1.O. The predicted octanol–water partition coefficient (Wildman–Crippen LogP) is -0.603. The molecule has 1 aromatic rings. The van der Waals surface area contributed by atoms with E-state index in [9.17, 15) is 10.1 Å². The number of nitrogens with zero attached hydrogens (tertiary/aromatic N) is 3. The Balaban J connectivity index is 0.00000256. The van der Waals surface area contributed by atoms with Crippen LogP contribution in [-0.4, -0.2) is 27.8 Å². The van der Waals surface area contributed by atoms with E-state index in [0.29, 0.717) is 5.56 Å². The largest absolute Gasteiger partial charge is 0.412 e. The van der Waals surface area contributed by atoms with Gasteiger partial charge in [0.25, 0.3) is 11.6 Å². The van der Waals surface area contributed by atoms with Crippen LogP contribution in [0.15, 0.2) is 34.5 Å². The number of nitro benzene ring substituents is 1. The van der Waals surface area contributed by atoms with Crippen LogP contribution in [0.25, 0.3) is 0 Å². The number of rotatable bonds is 3. The molecule has 9 nitrogen and oxygen atoms in total. The van der Waals surface area contributed by atoms with Crippen molar-refractivity contribution in [3.05, 3.63) is 39.9 Å². The molecule has 92 valence electrons. The Hall–Kier alpha value is -2.68. The molecule has 0 spiro atoms. The highest BCUT2D eigenvalue weighted by atomic mass is 16.6. The lowest BCUT2D eigenvalue weighted by Crippen LogP contribution is -2.26. The minimum absolute atomic E-state index is 0. The van der Waals surface area contributed by atoms with Crippen molar-refractivity contribution in [1.29, 1.82) is 0 Å². The zero-order valence-electron chi connectivity index (χ0n) is 8.57. The maximum Gasteiger partial charge on any atom is 0.270 e. The molecule has 0 saturated carbocycles. The highest BCUT2D eigenvalue weighted by molar-refractivity contribution is 5.83. The summed E-state index contributed by atoms with van der Waals surface area (Å²) in [6, 6.07) is 5.87. The summed E-state index contributed by atoms with van der Waals surface area (Å²) >= 11 is 0. The fourth-order valence-corrected chi connectivity index (χ4v) is 0.914. The van der Waals surface area contributed by atoms with Crippen LogP contribution in [0, 0.1) is 10.1 Å². The van der Waals surface area contributed by atoms with Gasteiger partial charge in [0, 0.05) is 17.7 Å². The fourth-order valence-electron chi connectivity index (χ4n) is 0.914. The molecule has 6 N–H and O–H groups in total. The molecule has 0 unspecified atom stereocenters. The molecule has 0 atom stereocenters. The van der Waals surface area contributed by atoms with Gasteiger partial charge < -0.3 is 16.4 Å². The van der Waals surface area contributed by atoms with Crippen LogP contribution in [-0.2, 0) is 0 Å². The van der Waals surface area contributed by atoms with Gasteiger partial charge in [-0.25, -0.2) is 5.43 Å². The summed E-state index contributed by atoms with van der Waals surface area (Å²) in [6.45, 7) is 0. The molecule has 1 rings (SSSR count). The van der Waals surface area contributed by atoms with Crippen LogP contribution < -0.4 is 11.2 Å². The molecule has 0 saturated heterocycles. The van der Waals surface area contributed by atoms with E-state index < -0.39 is 4.92 Å². The zero-order valence-corrected chi connectivity index (χ0v) is 8.57. The number of hydrogen-bond donors (Lipinski definition) is 3. The summed E-state index contributed by atoms with van der Waals surface area (Å²) in [5.41, 5.74) is 7.78. The van der Waals surface area contributed by atoms with Crippen LogP contribution in [0.5, 0.6) is 0 Å². The van der Waals surface area contributed by atoms with Crippen molar-refractivity contribution in [2.24, 2.45) is 16.0 Å². The van der Waals surface area contributed by atoms with Gasteiger partial charge in [0.2, 0.25) is 0 Å². The van der Waals surface area contributed by atoms with Gasteiger partial charge in [-0.2, -0.15) is 5.10 Å². The number of guanidine groups is 1. The van der Waals surface area contributed by atoms with E-state index in [1.165, 1.54) is 24.4 Å². The third-order valence-corrected chi connectivity index (χ3v) is 1.58. The summed E-state index contributed by atoms with van der Waals surface area (Å²) in [6.07, 6.45) is 1.31. The lowest BCUT2D eigenvalue weighted by Gasteiger charge is -1.95. The molecule has 0 bridgehead atoms. The highest BCUT2D eigenvalue weighted by Crippen LogP contribution is 2.11. The first-order valence-corrected chi connectivity index (χ1v) is 4.14. The smallest absolute Gasteiger partial charge is 0.270 e. The number of nitrogens with one attached hydrogen (secondary N) is 1. The normalized spacial score (nSPS) is 10.9. The number of nitrogens with two attached hydrogens (primary N) is 1. The number of benzene rings is 1. The standard InChI is InChI=1S/C8H9N5O3.H2O/c9-8(12-14)11-10-5-6-2-1-3-7(4-6)13(15)16;/h1-5,14H,(H3,9,11,12);1H2.